The van der Waals surface area contributed by atoms with Crippen molar-refractivity contribution in [2.75, 3.05) is 0 Å². The molecule has 4 nitrogen and oxygen atoms in total. The largest absolute Gasteiger partial charge is 0.370 e. The van der Waals surface area contributed by atoms with Gasteiger partial charge in [-0.15, -0.1) is 0 Å². The normalized spacial score (nSPS) is 14.8. The molecule has 1 amide bonds. The van der Waals surface area contributed by atoms with Gasteiger partial charge in [-0.05, 0) is 32.1 Å². The Morgan fingerprint density at radius 2 is 0.911 bits per heavy atom. The summed E-state index contributed by atoms with van der Waals surface area (Å²) in [7, 11) is 0. The van der Waals surface area contributed by atoms with Gasteiger partial charge in [0.2, 0.25) is 12.1 Å². The Kier molecular flexibility index (Phi) is 27.8. The van der Waals surface area contributed by atoms with Crippen LogP contribution in [0.15, 0.2) is 9.98 Å². The number of hydrogen-bond acceptors (Lipinski definition) is 3. The van der Waals surface area contributed by atoms with Crippen LogP contribution < -0.4 is 5.73 Å². The van der Waals surface area contributed by atoms with Crippen LogP contribution in [0.1, 0.15) is 226 Å². The van der Waals surface area contributed by atoms with Gasteiger partial charge in [0.05, 0.1) is 5.41 Å². The van der Waals surface area contributed by atoms with Crippen molar-refractivity contribution in [1.29, 1.82) is 0 Å². The van der Waals surface area contributed by atoms with Crippen LogP contribution in [-0.2, 0) is 4.79 Å². The van der Waals surface area contributed by atoms with Crippen molar-refractivity contribution in [2.45, 2.75) is 226 Å². The molecule has 0 fully saturated rings. The molecule has 45 heavy (non-hydrogen) atoms. The highest BCUT2D eigenvalue weighted by molar-refractivity contribution is 6.18. The minimum atomic E-state index is -0.156. The zero-order valence-electron chi connectivity index (χ0n) is 30.7. The molecule has 1 aliphatic heterocycles. The molecule has 0 aliphatic carbocycles. The van der Waals surface area contributed by atoms with Crippen molar-refractivity contribution < 1.29 is 4.79 Å². The fourth-order valence-corrected chi connectivity index (χ4v) is 7.17. The lowest BCUT2D eigenvalue weighted by Crippen LogP contribution is -2.30. The molecule has 0 aromatic rings. The first-order valence-corrected chi connectivity index (χ1v) is 20.2. The lowest BCUT2D eigenvalue weighted by atomic mass is 9.70. The minimum Gasteiger partial charge on any atom is -0.370 e. The second-order valence-electron chi connectivity index (χ2n) is 14.9. The summed E-state index contributed by atoms with van der Waals surface area (Å²) < 4.78 is 0. The molecule has 1 heterocycles. The Hall–Kier alpha value is -1.32. The lowest BCUT2D eigenvalue weighted by Gasteiger charge is -2.33. The molecular weight excluding hydrogens is 550 g/mol. The number of aliphatic imine (C=N–C) groups is 2. The highest BCUT2D eigenvalue weighted by atomic mass is 16.1. The summed E-state index contributed by atoms with van der Waals surface area (Å²) in [6.07, 6.45) is 47.8. The summed E-state index contributed by atoms with van der Waals surface area (Å²) in [4.78, 5) is 20.2. The summed E-state index contributed by atoms with van der Waals surface area (Å²) in [5.74, 6) is 0.475. The van der Waals surface area contributed by atoms with E-state index >= 15 is 0 Å². The first kappa shape index (κ1) is 41.7. The molecule has 0 spiro atoms. The van der Waals surface area contributed by atoms with E-state index in [2.05, 4.69) is 20.8 Å². The number of nitrogens with zero attached hydrogens (tertiary/aromatic N) is 2. The second-order valence-corrected chi connectivity index (χ2v) is 14.9. The van der Waals surface area contributed by atoms with Crippen LogP contribution >= 0.6 is 0 Å². The third-order valence-electron chi connectivity index (χ3n) is 10.7. The average Bonchev–Trinajstić information content (AvgIpc) is 3.58. The molecule has 0 bridgehead atoms. The van der Waals surface area contributed by atoms with Gasteiger partial charge in [0.1, 0.15) is 0 Å². The fraction of sp³-hybridized carbons (Fsp3) is 0.902. The molecular formula is C41H78N3O+. The Morgan fingerprint density at radius 3 is 1.29 bits per heavy atom. The van der Waals surface area contributed by atoms with Crippen molar-refractivity contribution in [3.05, 3.63) is 6.17 Å². The first-order chi connectivity index (χ1) is 22.0. The van der Waals surface area contributed by atoms with E-state index in [0.29, 0.717) is 12.3 Å². The highest BCUT2D eigenvalue weighted by Crippen LogP contribution is 2.46. The van der Waals surface area contributed by atoms with E-state index in [1.54, 1.807) is 0 Å². The molecule has 2 atom stereocenters. The van der Waals surface area contributed by atoms with E-state index in [-0.39, 0.29) is 11.3 Å². The summed E-state index contributed by atoms with van der Waals surface area (Å²) in [6, 6.07) is 0. The predicted molar refractivity (Wildman–Crippen MR) is 200 cm³/mol. The van der Waals surface area contributed by atoms with Gasteiger partial charge in [-0.2, -0.15) is 0 Å². The van der Waals surface area contributed by atoms with Gasteiger partial charge in [0, 0.05) is 6.42 Å². The van der Waals surface area contributed by atoms with Crippen LogP contribution in [0.25, 0.3) is 0 Å². The molecule has 0 aromatic carbocycles. The maximum atomic E-state index is 10.8. The van der Waals surface area contributed by atoms with Crippen LogP contribution in [0.4, 0.5) is 0 Å². The average molecular weight is 629 g/mol. The third-order valence-corrected chi connectivity index (χ3v) is 10.7. The molecule has 4 heteroatoms. The number of primary amides is 1. The monoisotopic (exact) mass is 629 g/mol. The van der Waals surface area contributed by atoms with Crippen LogP contribution in [0.2, 0.25) is 0 Å². The van der Waals surface area contributed by atoms with Crippen molar-refractivity contribution in [1.82, 2.24) is 0 Å². The van der Waals surface area contributed by atoms with Crippen molar-refractivity contribution in [2.24, 2.45) is 27.1 Å². The van der Waals surface area contributed by atoms with Crippen molar-refractivity contribution >= 4 is 18.3 Å². The topological polar surface area (TPSA) is 67.8 Å². The Morgan fingerprint density at radius 1 is 0.578 bits per heavy atom. The van der Waals surface area contributed by atoms with E-state index in [9.17, 15) is 4.79 Å². The molecule has 2 N–H and O–H groups in total. The number of hydrogen-bond donors (Lipinski definition) is 1. The van der Waals surface area contributed by atoms with Gasteiger partial charge in [0.15, 0.2) is 12.4 Å². The first-order valence-electron chi connectivity index (χ1n) is 20.2. The van der Waals surface area contributed by atoms with E-state index in [0.717, 1.165) is 19.0 Å². The molecule has 1 aliphatic rings. The van der Waals surface area contributed by atoms with Crippen LogP contribution in [-0.4, -0.2) is 18.3 Å². The van der Waals surface area contributed by atoms with Gasteiger partial charge < -0.3 is 5.73 Å². The number of unbranched alkanes of at least 4 members (excludes halogenated alkanes) is 27. The van der Waals surface area contributed by atoms with E-state index < -0.39 is 0 Å². The number of rotatable bonds is 35. The van der Waals surface area contributed by atoms with Crippen molar-refractivity contribution in [3.63, 3.8) is 0 Å². The van der Waals surface area contributed by atoms with Crippen LogP contribution in [0.5, 0.6) is 0 Å². The zero-order valence-corrected chi connectivity index (χ0v) is 30.7. The third kappa shape index (κ3) is 23.6. The number of nitrogens with two attached hydrogens (primary N) is 1. The SMILES string of the molecule is CCCCCCCCCCCCCCCCCCC(C)([C+]1N=CC=N1)C(C)CCCCCCCCCCCCCCCC(N)=O. The Balaban J connectivity index is 2.03. The fourth-order valence-electron chi connectivity index (χ4n) is 7.17. The summed E-state index contributed by atoms with van der Waals surface area (Å²) >= 11 is 0. The molecule has 0 saturated carbocycles. The van der Waals surface area contributed by atoms with Gasteiger partial charge >= 0.3 is 0 Å². The molecule has 2 unspecified atom stereocenters. The molecule has 0 saturated heterocycles. The van der Waals surface area contributed by atoms with E-state index in [1.165, 1.54) is 186 Å². The highest BCUT2D eigenvalue weighted by Gasteiger charge is 2.44. The minimum absolute atomic E-state index is 0.112. The van der Waals surface area contributed by atoms with Gasteiger partial charge in [-0.25, -0.2) is 0 Å². The summed E-state index contributed by atoms with van der Waals surface area (Å²) in [6.45, 7) is 7.20. The second kappa shape index (κ2) is 30.0. The number of carbonyl (C=O) groups is 1. The zero-order chi connectivity index (χ0) is 32.7. The molecule has 1 rings (SSSR count). The molecule has 0 aromatic heterocycles. The number of carbonyl (C=O) groups excluding carboxylic acids is 1. The molecule has 0 radical (unpaired) electrons. The Labute approximate surface area is 282 Å². The predicted octanol–water partition coefficient (Wildman–Crippen LogP) is 13.3. The van der Waals surface area contributed by atoms with Gasteiger partial charge in [0.25, 0.3) is 0 Å². The summed E-state index contributed by atoms with van der Waals surface area (Å²) in [5, 5.41) is 0. The smallest absolute Gasteiger partial charge is 0.246 e. The van der Waals surface area contributed by atoms with Gasteiger partial charge in [-0.3, -0.25) is 4.79 Å². The Bertz CT molecular complexity index is 708. The van der Waals surface area contributed by atoms with Crippen LogP contribution in [0.3, 0.4) is 0 Å². The lowest BCUT2D eigenvalue weighted by molar-refractivity contribution is -0.118. The van der Waals surface area contributed by atoms with Gasteiger partial charge in [-0.1, -0.05) is 204 Å². The maximum absolute atomic E-state index is 10.8. The van der Waals surface area contributed by atoms with Crippen molar-refractivity contribution in [3.8, 4) is 0 Å². The molecule has 262 valence electrons. The standard InChI is InChI=1S/C41H77N3O/c1-4-5-6-7-8-9-10-11-12-13-17-20-23-26-29-32-35-41(3,40-43-36-37-44-40)38(2)33-30-27-24-21-18-15-14-16-19-22-25-28-31-34-39(42)45/h36-38H,4-35H2,1-3H3,(H-,42,45)/p+1. The van der Waals surface area contributed by atoms with E-state index in [4.69, 9.17) is 15.7 Å². The number of amides is 1. The van der Waals surface area contributed by atoms with Crippen LogP contribution in [0, 0.1) is 17.5 Å². The quantitative estimate of drug-likeness (QED) is 0.0550. The summed E-state index contributed by atoms with van der Waals surface area (Å²) in [5.41, 5.74) is 5.31. The maximum Gasteiger partial charge on any atom is 0.246 e. The van der Waals surface area contributed by atoms with E-state index in [1.807, 2.05) is 12.4 Å².